The van der Waals surface area contributed by atoms with Gasteiger partial charge in [0.05, 0.1) is 18.8 Å². The molecular weight excluding hydrogens is 228 g/mol. The molecule has 4 heteroatoms. The van der Waals surface area contributed by atoms with Crippen LogP contribution < -0.4 is 11.1 Å². The summed E-state index contributed by atoms with van der Waals surface area (Å²) in [4.78, 5) is 11.6. The number of carbonyl (C=O) groups is 1. The summed E-state index contributed by atoms with van der Waals surface area (Å²) in [6, 6.07) is -0.372. The van der Waals surface area contributed by atoms with Gasteiger partial charge in [0.25, 0.3) is 0 Å². The maximum absolute atomic E-state index is 11.6. The molecule has 0 heterocycles. The summed E-state index contributed by atoms with van der Waals surface area (Å²) in [5, 5.41) is 2.83. The third-order valence-corrected chi connectivity index (χ3v) is 3.70. The average Bonchev–Trinajstić information content (AvgIpc) is 2.36. The van der Waals surface area contributed by atoms with Crippen molar-refractivity contribution in [3.8, 4) is 0 Å². The molecule has 0 bridgehead atoms. The molecule has 4 nitrogen and oxygen atoms in total. The Hall–Kier alpha value is -0.610. The van der Waals surface area contributed by atoms with Crippen molar-refractivity contribution >= 4 is 5.91 Å². The number of amides is 1. The highest BCUT2D eigenvalue weighted by Crippen LogP contribution is 2.25. The molecule has 0 aromatic carbocycles. The van der Waals surface area contributed by atoms with E-state index in [0.29, 0.717) is 25.2 Å². The van der Waals surface area contributed by atoms with Gasteiger partial charge in [-0.2, -0.15) is 0 Å². The van der Waals surface area contributed by atoms with Crippen molar-refractivity contribution in [2.24, 2.45) is 11.7 Å². The maximum Gasteiger partial charge on any atom is 0.236 e. The van der Waals surface area contributed by atoms with Crippen LogP contribution in [0.2, 0.25) is 0 Å². The zero-order valence-corrected chi connectivity index (χ0v) is 11.8. The molecule has 0 radical (unpaired) electrons. The highest BCUT2D eigenvalue weighted by molar-refractivity contribution is 5.81. The van der Waals surface area contributed by atoms with Gasteiger partial charge in [0, 0.05) is 6.54 Å². The third kappa shape index (κ3) is 5.36. The second kappa shape index (κ2) is 8.48. The minimum absolute atomic E-state index is 0.0582. The minimum atomic E-state index is -0.372. The standard InChI is InChI=1S/C14H28N2O2/c1-3-6-12(15)14(17)16-9-10-18-13-8-5-4-7-11(13)2/h11-13H,3-10,15H2,1-2H3,(H,16,17). The monoisotopic (exact) mass is 256 g/mol. The summed E-state index contributed by atoms with van der Waals surface area (Å²) in [7, 11) is 0. The molecule has 0 saturated heterocycles. The van der Waals surface area contributed by atoms with E-state index < -0.39 is 0 Å². The number of hydrogen-bond acceptors (Lipinski definition) is 3. The summed E-state index contributed by atoms with van der Waals surface area (Å²) in [6.07, 6.45) is 7.06. The predicted octanol–water partition coefficient (Wildman–Crippen LogP) is 1.83. The Labute approximate surface area is 111 Å². The van der Waals surface area contributed by atoms with Crippen molar-refractivity contribution in [3.05, 3.63) is 0 Å². The zero-order valence-electron chi connectivity index (χ0n) is 11.8. The van der Waals surface area contributed by atoms with Crippen molar-refractivity contribution in [1.29, 1.82) is 0 Å². The van der Waals surface area contributed by atoms with Crippen LogP contribution in [0.5, 0.6) is 0 Å². The summed E-state index contributed by atoms with van der Waals surface area (Å²) in [5.41, 5.74) is 5.72. The van der Waals surface area contributed by atoms with Crippen LogP contribution in [0.3, 0.4) is 0 Å². The first kappa shape index (κ1) is 15.4. The van der Waals surface area contributed by atoms with E-state index in [9.17, 15) is 4.79 Å². The number of nitrogens with two attached hydrogens (primary N) is 1. The van der Waals surface area contributed by atoms with E-state index in [0.717, 1.165) is 19.3 Å². The molecule has 1 aliphatic rings. The lowest BCUT2D eigenvalue weighted by atomic mass is 9.88. The lowest BCUT2D eigenvalue weighted by Gasteiger charge is -2.28. The molecule has 3 unspecified atom stereocenters. The van der Waals surface area contributed by atoms with E-state index in [1.54, 1.807) is 0 Å². The van der Waals surface area contributed by atoms with Gasteiger partial charge >= 0.3 is 0 Å². The third-order valence-electron chi connectivity index (χ3n) is 3.70. The largest absolute Gasteiger partial charge is 0.376 e. The lowest BCUT2D eigenvalue weighted by Crippen LogP contribution is -2.42. The molecule has 1 aliphatic carbocycles. The van der Waals surface area contributed by atoms with Gasteiger partial charge in [-0.25, -0.2) is 0 Å². The Morgan fingerprint density at radius 2 is 2.17 bits per heavy atom. The summed E-state index contributed by atoms with van der Waals surface area (Å²) in [6.45, 7) is 5.44. The number of nitrogens with one attached hydrogen (secondary N) is 1. The quantitative estimate of drug-likeness (QED) is 0.683. The molecule has 106 valence electrons. The second-order valence-electron chi connectivity index (χ2n) is 5.36. The van der Waals surface area contributed by atoms with E-state index in [2.05, 4.69) is 12.2 Å². The van der Waals surface area contributed by atoms with Crippen LogP contribution in [-0.2, 0) is 9.53 Å². The molecule has 0 spiro atoms. The first-order valence-corrected chi connectivity index (χ1v) is 7.30. The van der Waals surface area contributed by atoms with Gasteiger partial charge in [0.15, 0.2) is 0 Å². The van der Waals surface area contributed by atoms with Crippen molar-refractivity contribution < 1.29 is 9.53 Å². The molecule has 1 saturated carbocycles. The highest BCUT2D eigenvalue weighted by Gasteiger charge is 2.21. The second-order valence-corrected chi connectivity index (χ2v) is 5.36. The Morgan fingerprint density at radius 1 is 1.44 bits per heavy atom. The fraction of sp³-hybridized carbons (Fsp3) is 0.929. The smallest absolute Gasteiger partial charge is 0.236 e. The summed E-state index contributed by atoms with van der Waals surface area (Å²) >= 11 is 0. The highest BCUT2D eigenvalue weighted by atomic mass is 16.5. The average molecular weight is 256 g/mol. The summed E-state index contributed by atoms with van der Waals surface area (Å²) in [5.74, 6) is 0.592. The number of carbonyl (C=O) groups excluding carboxylic acids is 1. The maximum atomic E-state index is 11.6. The molecule has 1 rings (SSSR count). The normalized spacial score (nSPS) is 25.7. The van der Waals surface area contributed by atoms with E-state index in [1.807, 2.05) is 6.92 Å². The molecule has 18 heavy (non-hydrogen) atoms. The predicted molar refractivity (Wildman–Crippen MR) is 73.3 cm³/mol. The van der Waals surface area contributed by atoms with Crippen LogP contribution in [0.4, 0.5) is 0 Å². The van der Waals surface area contributed by atoms with Crippen molar-refractivity contribution in [3.63, 3.8) is 0 Å². The molecular formula is C14H28N2O2. The van der Waals surface area contributed by atoms with E-state index in [4.69, 9.17) is 10.5 Å². The van der Waals surface area contributed by atoms with Gasteiger partial charge in [-0.15, -0.1) is 0 Å². The van der Waals surface area contributed by atoms with Gasteiger partial charge < -0.3 is 15.8 Å². The topological polar surface area (TPSA) is 64.4 Å². The van der Waals surface area contributed by atoms with Crippen molar-refractivity contribution in [2.75, 3.05) is 13.2 Å². The lowest BCUT2D eigenvalue weighted by molar-refractivity contribution is -0.123. The molecule has 3 atom stereocenters. The molecule has 1 fully saturated rings. The SMILES string of the molecule is CCCC(N)C(=O)NCCOC1CCCCC1C. The van der Waals surface area contributed by atoms with Gasteiger partial charge in [0.2, 0.25) is 5.91 Å². The van der Waals surface area contributed by atoms with Gasteiger partial charge in [-0.05, 0) is 25.2 Å². The molecule has 1 amide bonds. The van der Waals surface area contributed by atoms with Crippen molar-refractivity contribution in [1.82, 2.24) is 5.32 Å². The Kier molecular flexibility index (Phi) is 7.28. The Bertz CT molecular complexity index is 246. The van der Waals surface area contributed by atoms with Crippen molar-refractivity contribution in [2.45, 2.75) is 64.5 Å². The number of hydrogen-bond donors (Lipinski definition) is 2. The number of ether oxygens (including phenoxy) is 1. The van der Waals surface area contributed by atoms with Crippen LogP contribution in [0.25, 0.3) is 0 Å². The Balaban J connectivity index is 2.08. The fourth-order valence-corrected chi connectivity index (χ4v) is 2.49. The minimum Gasteiger partial charge on any atom is -0.376 e. The van der Waals surface area contributed by atoms with Crippen LogP contribution in [0, 0.1) is 5.92 Å². The fourth-order valence-electron chi connectivity index (χ4n) is 2.49. The van der Waals surface area contributed by atoms with E-state index in [-0.39, 0.29) is 11.9 Å². The molecule has 0 aromatic rings. The van der Waals surface area contributed by atoms with Crippen LogP contribution in [-0.4, -0.2) is 31.2 Å². The first-order chi connectivity index (χ1) is 8.65. The van der Waals surface area contributed by atoms with Crippen LogP contribution in [0.15, 0.2) is 0 Å². The molecule has 3 N–H and O–H groups in total. The van der Waals surface area contributed by atoms with E-state index >= 15 is 0 Å². The Morgan fingerprint density at radius 3 is 2.83 bits per heavy atom. The first-order valence-electron chi connectivity index (χ1n) is 7.30. The summed E-state index contributed by atoms with van der Waals surface area (Å²) < 4.78 is 5.83. The molecule has 0 aliphatic heterocycles. The zero-order chi connectivity index (χ0) is 13.4. The van der Waals surface area contributed by atoms with Gasteiger partial charge in [-0.3, -0.25) is 4.79 Å². The van der Waals surface area contributed by atoms with Gasteiger partial charge in [0.1, 0.15) is 0 Å². The van der Waals surface area contributed by atoms with E-state index in [1.165, 1.54) is 19.3 Å². The van der Waals surface area contributed by atoms with Crippen LogP contribution in [0.1, 0.15) is 52.4 Å². The van der Waals surface area contributed by atoms with Gasteiger partial charge in [-0.1, -0.05) is 33.1 Å². The molecule has 0 aromatic heterocycles. The van der Waals surface area contributed by atoms with Crippen LogP contribution >= 0.6 is 0 Å². The number of rotatable bonds is 7.